The molecule has 0 aliphatic rings. The smallest absolute Gasteiger partial charge is 0.342 e. The SMILES string of the molecule is Cc1ccc(C(=O)OCC(=O)Nc2ccccc2C(C)C)c(O)c1. The highest BCUT2D eigenvalue weighted by molar-refractivity contribution is 5.97. The summed E-state index contributed by atoms with van der Waals surface area (Å²) < 4.78 is 4.97. The molecule has 0 heterocycles. The topological polar surface area (TPSA) is 75.6 Å². The van der Waals surface area contributed by atoms with Gasteiger partial charge in [0.15, 0.2) is 6.61 Å². The summed E-state index contributed by atoms with van der Waals surface area (Å²) in [6, 6.07) is 12.1. The minimum absolute atomic E-state index is 0.0379. The number of carbonyl (C=O) groups is 2. The Morgan fingerprint density at radius 3 is 2.54 bits per heavy atom. The lowest BCUT2D eigenvalue weighted by Crippen LogP contribution is -2.21. The van der Waals surface area contributed by atoms with Crippen molar-refractivity contribution in [3.05, 3.63) is 59.2 Å². The van der Waals surface area contributed by atoms with E-state index in [0.717, 1.165) is 11.1 Å². The number of aromatic hydroxyl groups is 1. The lowest BCUT2D eigenvalue weighted by Gasteiger charge is -2.13. The van der Waals surface area contributed by atoms with E-state index in [0.29, 0.717) is 5.69 Å². The van der Waals surface area contributed by atoms with Gasteiger partial charge in [-0.2, -0.15) is 0 Å². The molecule has 0 spiro atoms. The molecule has 0 atom stereocenters. The zero-order valence-electron chi connectivity index (χ0n) is 14.0. The summed E-state index contributed by atoms with van der Waals surface area (Å²) in [5.41, 5.74) is 2.57. The molecule has 2 N–H and O–H groups in total. The number of para-hydroxylation sites is 1. The Labute approximate surface area is 141 Å². The first-order valence-electron chi connectivity index (χ1n) is 7.74. The lowest BCUT2D eigenvalue weighted by atomic mass is 10.0. The van der Waals surface area contributed by atoms with Gasteiger partial charge in [-0.1, -0.05) is 38.1 Å². The van der Waals surface area contributed by atoms with Gasteiger partial charge < -0.3 is 15.2 Å². The van der Waals surface area contributed by atoms with Gasteiger partial charge in [0.05, 0.1) is 0 Å². The second-order valence-electron chi connectivity index (χ2n) is 5.89. The van der Waals surface area contributed by atoms with Crippen molar-refractivity contribution < 1.29 is 19.4 Å². The van der Waals surface area contributed by atoms with Crippen LogP contribution in [0.3, 0.4) is 0 Å². The van der Waals surface area contributed by atoms with Crippen LogP contribution >= 0.6 is 0 Å². The van der Waals surface area contributed by atoms with Gasteiger partial charge in [0, 0.05) is 5.69 Å². The van der Waals surface area contributed by atoms with E-state index in [1.807, 2.05) is 32.0 Å². The third-order valence-corrected chi connectivity index (χ3v) is 3.56. The molecule has 2 rings (SSSR count). The Kier molecular flexibility index (Phi) is 5.58. The molecule has 0 radical (unpaired) electrons. The summed E-state index contributed by atoms with van der Waals surface area (Å²) in [6.45, 7) is 5.45. The Balaban J connectivity index is 1.97. The number of esters is 1. The molecule has 5 nitrogen and oxygen atoms in total. The van der Waals surface area contributed by atoms with E-state index in [1.165, 1.54) is 12.1 Å². The molecule has 5 heteroatoms. The van der Waals surface area contributed by atoms with Crippen LogP contribution in [-0.2, 0) is 9.53 Å². The normalized spacial score (nSPS) is 10.5. The van der Waals surface area contributed by atoms with Gasteiger partial charge in [0.1, 0.15) is 11.3 Å². The largest absolute Gasteiger partial charge is 0.507 e. The summed E-state index contributed by atoms with van der Waals surface area (Å²) in [5.74, 6) is -1.07. The monoisotopic (exact) mass is 327 g/mol. The molecule has 0 aliphatic carbocycles. The van der Waals surface area contributed by atoms with Gasteiger partial charge in [0.25, 0.3) is 5.91 Å². The van der Waals surface area contributed by atoms with Crippen LogP contribution in [-0.4, -0.2) is 23.6 Å². The minimum Gasteiger partial charge on any atom is -0.507 e. The predicted octanol–water partition coefficient (Wildman–Crippen LogP) is 3.62. The molecule has 126 valence electrons. The Morgan fingerprint density at radius 2 is 1.88 bits per heavy atom. The number of phenols is 1. The molecule has 1 amide bonds. The van der Waals surface area contributed by atoms with Crippen molar-refractivity contribution in [1.29, 1.82) is 0 Å². The number of hydrogen-bond acceptors (Lipinski definition) is 4. The van der Waals surface area contributed by atoms with Gasteiger partial charge in [0.2, 0.25) is 0 Å². The van der Waals surface area contributed by atoms with Gasteiger partial charge in [-0.05, 0) is 42.2 Å². The summed E-state index contributed by atoms with van der Waals surface area (Å²) >= 11 is 0. The Morgan fingerprint density at radius 1 is 1.17 bits per heavy atom. The maximum absolute atomic E-state index is 12.0. The van der Waals surface area contributed by atoms with Crippen molar-refractivity contribution in [2.24, 2.45) is 0 Å². The third-order valence-electron chi connectivity index (χ3n) is 3.56. The molecule has 0 unspecified atom stereocenters. The molecular weight excluding hydrogens is 306 g/mol. The lowest BCUT2D eigenvalue weighted by molar-refractivity contribution is -0.119. The quantitative estimate of drug-likeness (QED) is 0.823. The number of aryl methyl sites for hydroxylation is 1. The van der Waals surface area contributed by atoms with Crippen molar-refractivity contribution in [3.63, 3.8) is 0 Å². The zero-order valence-corrected chi connectivity index (χ0v) is 14.0. The highest BCUT2D eigenvalue weighted by Gasteiger charge is 2.15. The molecule has 0 fully saturated rings. The van der Waals surface area contributed by atoms with Gasteiger partial charge >= 0.3 is 5.97 Å². The van der Waals surface area contributed by atoms with Crippen LogP contribution in [0.15, 0.2) is 42.5 Å². The summed E-state index contributed by atoms with van der Waals surface area (Å²) in [7, 11) is 0. The van der Waals surface area contributed by atoms with Crippen LogP contribution in [0.1, 0.15) is 41.3 Å². The van der Waals surface area contributed by atoms with Crippen LogP contribution in [0.2, 0.25) is 0 Å². The second-order valence-corrected chi connectivity index (χ2v) is 5.89. The Hall–Kier alpha value is -2.82. The van der Waals surface area contributed by atoms with Crippen molar-refractivity contribution in [2.45, 2.75) is 26.7 Å². The number of anilines is 1. The number of hydrogen-bond donors (Lipinski definition) is 2. The van der Waals surface area contributed by atoms with Crippen LogP contribution in [0.25, 0.3) is 0 Å². The van der Waals surface area contributed by atoms with Gasteiger partial charge in [-0.15, -0.1) is 0 Å². The van der Waals surface area contributed by atoms with Gasteiger partial charge in [-0.3, -0.25) is 4.79 Å². The summed E-state index contributed by atoms with van der Waals surface area (Å²) in [6.07, 6.45) is 0. The highest BCUT2D eigenvalue weighted by Crippen LogP contribution is 2.23. The van der Waals surface area contributed by atoms with Crippen molar-refractivity contribution in [3.8, 4) is 5.75 Å². The van der Waals surface area contributed by atoms with Crippen LogP contribution in [0, 0.1) is 6.92 Å². The van der Waals surface area contributed by atoms with Crippen molar-refractivity contribution >= 4 is 17.6 Å². The average Bonchev–Trinajstić information content (AvgIpc) is 2.53. The first kappa shape index (κ1) is 17.5. The molecule has 2 aromatic rings. The standard InChI is InChI=1S/C19H21NO4/c1-12(2)14-6-4-5-7-16(14)20-18(22)11-24-19(23)15-9-8-13(3)10-17(15)21/h4-10,12,21H,11H2,1-3H3,(H,20,22). The van der Waals surface area contributed by atoms with E-state index < -0.39 is 18.5 Å². The Bertz CT molecular complexity index is 753. The molecule has 0 bridgehead atoms. The fourth-order valence-electron chi connectivity index (χ4n) is 2.32. The van der Waals surface area contributed by atoms with Crippen LogP contribution < -0.4 is 5.32 Å². The molecule has 0 aliphatic heterocycles. The molecule has 0 saturated heterocycles. The average molecular weight is 327 g/mol. The van der Waals surface area contributed by atoms with Crippen molar-refractivity contribution in [2.75, 3.05) is 11.9 Å². The van der Waals surface area contributed by atoms with Gasteiger partial charge in [-0.25, -0.2) is 4.79 Å². The predicted molar refractivity (Wildman–Crippen MR) is 92.3 cm³/mol. The minimum atomic E-state index is -0.736. The number of rotatable bonds is 5. The van der Waals surface area contributed by atoms with Crippen molar-refractivity contribution in [1.82, 2.24) is 0 Å². The summed E-state index contributed by atoms with van der Waals surface area (Å²) in [5, 5.41) is 12.5. The maximum atomic E-state index is 12.0. The molecule has 2 aromatic carbocycles. The first-order valence-corrected chi connectivity index (χ1v) is 7.74. The number of ether oxygens (including phenoxy) is 1. The van der Waals surface area contributed by atoms with E-state index in [4.69, 9.17) is 4.74 Å². The number of benzene rings is 2. The second kappa shape index (κ2) is 7.64. The first-order chi connectivity index (χ1) is 11.4. The summed E-state index contributed by atoms with van der Waals surface area (Å²) in [4.78, 5) is 24.0. The van der Waals surface area contributed by atoms with E-state index in [2.05, 4.69) is 5.32 Å². The zero-order chi connectivity index (χ0) is 17.7. The molecular formula is C19H21NO4. The third kappa shape index (κ3) is 4.35. The number of carbonyl (C=O) groups excluding carboxylic acids is 2. The fourth-order valence-corrected chi connectivity index (χ4v) is 2.32. The molecule has 24 heavy (non-hydrogen) atoms. The number of nitrogens with one attached hydrogen (secondary N) is 1. The fraction of sp³-hybridized carbons (Fsp3) is 0.263. The van der Waals surface area contributed by atoms with Crippen LogP contribution in [0.4, 0.5) is 5.69 Å². The number of phenolic OH excluding ortho intramolecular Hbond substituents is 1. The highest BCUT2D eigenvalue weighted by atomic mass is 16.5. The van der Waals surface area contributed by atoms with E-state index >= 15 is 0 Å². The molecule has 0 saturated carbocycles. The molecule has 0 aromatic heterocycles. The van der Waals surface area contributed by atoms with Crippen LogP contribution in [0.5, 0.6) is 5.75 Å². The van der Waals surface area contributed by atoms with E-state index in [9.17, 15) is 14.7 Å². The number of amides is 1. The maximum Gasteiger partial charge on any atom is 0.342 e. The van der Waals surface area contributed by atoms with E-state index in [-0.39, 0.29) is 17.2 Å². The van der Waals surface area contributed by atoms with E-state index in [1.54, 1.807) is 19.1 Å².